The highest BCUT2D eigenvalue weighted by atomic mass is 16.5. The maximum atomic E-state index is 13.1. The number of carboxylic acid groups (broad SMARTS) is 1. The van der Waals surface area contributed by atoms with Gasteiger partial charge in [-0.15, -0.1) is 9.89 Å². The fraction of sp³-hybridized carbons (Fsp3) is 0.538. The molecule has 0 aliphatic carbocycles. The number of hydrogen-bond donors (Lipinski definition) is 2. The highest BCUT2D eigenvalue weighted by Crippen LogP contribution is 2.46. The van der Waals surface area contributed by atoms with Crippen LogP contribution in [-0.2, 0) is 9.59 Å². The van der Waals surface area contributed by atoms with Gasteiger partial charge in [-0.3, -0.25) is 9.59 Å². The second kappa shape index (κ2) is 14.9. The van der Waals surface area contributed by atoms with Crippen LogP contribution < -0.4 is 19.7 Å². The minimum atomic E-state index is -0.774. The summed E-state index contributed by atoms with van der Waals surface area (Å²) in [6.45, 7) is 20.0. The molecule has 274 valence electrons. The number of aliphatic carboxylic acids is 1. The SMILES string of the molecule is CCC(Oc1ccc(OC)cc1)C(=O)NCC(C)c1nc2n(n1)N=C(C(C)(C)C)/C2=N/c1cc2c(cc1C)N(CCCC(=O)O)C(C)(C)CC2C. The van der Waals surface area contributed by atoms with Gasteiger partial charge in [0.25, 0.3) is 5.91 Å². The van der Waals surface area contributed by atoms with Crippen molar-refractivity contribution < 1.29 is 24.2 Å². The Balaban J connectivity index is 1.38. The number of aromatic nitrogens is 3. The van der Waals surface area contributed by atoms with Crippen LogP contribution in [-0.4, -0.2) is 75.1 Å². The number of carbonyl (C=O) groups is 2. The molecular formula is C39H53N7O5. The van der Waals surface area contributed by atoms with Crippen LogP contribution in [0, 0.1) is 12.3 Å². The zero-order valence-corrected chi connectivity index (χ0v) is 31.7. The van der Waals surface area contributed by atoms with Crippen LogP contribution in [0.2, 0.25) is 0 Å². The average molecular weight is 700 g/mol. The first-order valence-electron chi connectivity index (χ1n) is 17.9. The Kier molecular flexibility index (Phi) is 10.9. The van der Waals surface area contributed by atoms with Gasteiger partial charge in [0.1, 0.15) is 17.2 Å². The molecule has 5 rings (SSSR count). The summed E-state index contributed by atoms with van der Waals surface area (Å²) in [5.74, 6) is 1.57. The quantitative estimate of drug-likeness (QED) is 0.194. The van der Waals surface area contributed by atoms with Crippen molar-refractivity contribution in [3.05, 3.63) is 59.2 Å². The number of carboxylic acids is 1. The van der Waals surface area contributed by atoms with E-state index in [0.29, 0.717) is 55.0 Å². The number of aliphatic imine (C=N–C) groups is 1. The van der Waals surface area contributed by atoms with Gasteiger partial charge in [-0.1, -0.05) is 41.5 Å². The number of amides is 1. The van der Waals surface area contributed by atoms with Gasteiger partial charge in [-0.2, -0.15) is 5.10 Å². The summed E-state index contributed by atoms with van der Waals surface area (Å²) in [6.07, 6.45) is 1.53. The third kappa shape index (κ3) is 8.26. The lowest BCUT2D eigenvalue weighted by molar-refractivity contribution is -0.137. The highest BCUT2D eigenvalue weighted by Gasteiger charge is 2.38. The molecule has 12 nitrogen and oxygen atoms in total. The van der Waals surface area contributed by atoms with Crippen molar-refractivity contribution in [3.8, 4) is 11.5 Å². The molecule has 2 aromatic carbocycles. The van der Waals surface area contributed by atoms with Gasteiger partial charge < -0.3 is 24.8 Å². The van der Waals surface area contributed by atoms with Crippen LogP contribution in [0.5, 0.6) is 11.5 Å². The Morgan fingerprint density at radius 3 is 2.47 bits per heavy atom. The van der Waals surface area contributed by atoms with E-state index in [4.69, 9.17) is 29.7 Å². The lowest BCUT2D eigenvalue weighted by Gasteiger charge is -2.48. The standard InChI is InChI=1S/C39H53N7O5/c1-11-31(51-27-16-14-26(50-10)15-17-27)37(49)40-22-25(4)35-42-36-33(34(38(5,6)7)43-46(36)44-35)41-29-20-28-24(3)21-39(8,9)45(18-12-13-32(47)48)30(28)19-23(29)2/h14-17,19-20,24-25,31H,11-13,18,21-22H2,1-10H3,(H,40,49)(H,47,48)/b41-33-. The molecule has 51 heavy (non-hydrogen) atoms. The molecule has 2 aliphatic heterocycles. The fourth-order valence-corrected chi connectivity index (χ4v) is 6.88. The third-order valence-electron chi connectivity index (χ3n) is 9.68. The number of nitrogens with zero attached hydrogens (tertiary/aromatic N) is 6. The van der Waals surface area contributed by atoms with E-state index >= 15 is 0 Å². The summed E-state index contributed by atoms with van der Waals surface area (Å²) in [4.78, 5) is 38.5. The van der Waals surface area contributed by atoms with Crippen LogP contribution >= 0.6 is 0 Å². The van der Waals surface area contributed by atoms with E-state index in [0.717, 1.165) is 34.8 Å². The maximum Gasteiger partial charge on any atom is 0.303 e. The average Bonchev–Trinajstić information content (AvgIpc) is 3.64. The first-order valence-corrected chi connectivity index (χ1v) is 17.9. The molecule has 1 aromatic heterocycles. The number of ether oxygens (including phenoxy) is 2. The Hall–Kier alpha value is -4.74. The molecular weight excluding hydrogens is 646 g/mol. The summed E-state index contributed by atoms with van der Waals surface area (Å²) in [5, 5.41) is 21.9. The topological polar surface area (TPSA) is 144 Å². The van der Waals surface area contributed by atoms with Gasteiger partial charge in [0.2, 0.25) is 5.82 Å². The van der Waals surface area contributed by atoms with E-state index < -0.39 is 12.1 Å². The zero-order valence-electron chi connectivity index (χ0n) is 31.7. The second-order valence-electron chi connectivity index (χ2n) is 15.4. The molecule has 0 fully saturated rings. The normalized spacial score (nSPS) is 18.5. The summed E-state index contributed by atoms with van der Waals surface area (Å²) < 4.78 is 11.2. The Labute approximate surface area is 301 Å². The van der Waals surface area contributed by atoms with Gasteiger partial charge in [-0.05, 0) is 93.5 Å². The number of benzene rings is 2. The smallest absolute Gasteiger partial charge is 0.303 e. The van der Waals surface area contributed by atoms with E-state index in [-0.39, 0.29) is 29.2 Å². The lowest BCUT2D eigenvalue weighted by atomic mass is 9.79. The van der Waals surface area contributed by atoms with Crippen LogP contribution in [0.4, 0.5) is 11.4 Å². The monoisotopic (exact) mass is 699 g/mol. The predicted octanol–water partition coefficient (Wildman–Crippen LogP) is 7.01. The van der Waals surface area contributed by atoms with Crippen molar-refractivity contribution in [3.63, 3.8) is 0 Å². The molecule has 3 aromatic rings. The van der Waals surface area contributed by atoms with Gasteiger partial charge in [0.15, 0.2) is 11.9 Å². The molecule has 3 atom stereocenters. The number of nitrogens with one attached hydrogen (secondary N) is 1. The molecule has 0 saturated heterocycles. The highest BCUT2D eigenvalue weighted by molar-refractivity contribution is 6.50. The van der Waals surface area contributed by atoms with E-state index in [1.54, 1.807) is 36.2 Å². The van der Waals surface area contributed by atoms with Gasteiger partial charge in [0.05, 0.1) is 18.5 Å². The van der Waals surface area contributed by atoms with Crippen molar-refractivity contribution in [2.75, 3.05) is 25.1 Å². The molecule has 0 saturated carbocycles. The number of carbonyl (C=O) groups excluding carboxylic acids is 1. The largest absolute Gasteiger partial charge is 0.497 e. The number of fused-ring (bicyclic) bond motifs is 2. The fourth-order valence-electron chi connectivity index (χ4n) is 6.88. The Morgan fingerprint density at radius 2 is 1.84 bits per heavy atom. The van der Waals surface area contributed by atoms with Crippen molar-refractivity contribution >= 4 is 34.7 Å². The van der Waals surface area contributed by atoms with Crippen molar-refractivity contribution in [2.45, 2.75) is 111 Å². The van der Waals surface area contributed by atoms with Crippen molar-refractivity contribution in [1.82, 2.24) is 20.2 Å². The molecule has 2 aliphatic rings. The summed E-state index contributed by atoms with van der Waals surface area (Å²) in [5.41, 5.74) is 5.26. The minimum Gasteiger partial charge on any atom is -0.497 e. The van der Waals surface area contributed by atoms with Crippen LogP contribution in [0.1, 0.15) is 116 Å². The summed E-state index contributed by atoms with van der Waals surface area (Å²) >= 11 is 0. The van der Waals surface area contributed by atoms with Crippen LogP contribution in [0.3, 0.4) is 0 Å². The Bertz CT molecular complexity index is 1820. The van der Waals surface area contributed by atoms with E-state index in [2.05, 4.69) is 70.8 Å². The van der Waals surface area contributed by atoms with E-state index in [1.807, 2.05) is 13.8 Å². The van der Waals surface area contributed by atoms with Crippen molar-refractivity contribution in [1.29, 1.82) is 0 Å². The molecule has 1 amide bonds. The number of anilines is 1. The lowest BCUT2D eigenvalue weighted by Crippen LogP contribution is -2.48. The first-order chi connectivity index (χ1) is 24.0. The molecule has 2 N–H and O–H groups in total. The number of aryl methyl sites for hydroxylation is 1. The number of rotatable bonds is 13. The Morgan fingerprint density at radius 1 is 1.16 bits per heavy atom. The zero-order chi connectivity index (χ0) is 37.2. The molecule has 0 radical (unpaired) electrons. The van der Waals surface area contributed by atoms with E-state index in [9.17, 15) is 14.7 Å². The molecule has 12 heteroatoms. The number of methoxy groups -OCH3 is 1. The van der Waals surface area contributed by atoms with Gasteiger partial charge in [-0.25, -0.2) is 9.98 Å². The third-order valence-corrected chi connectivity index (χ3v) is 9.68. The van der Waals surface area contributed by atoms with Crippen LogP contribution in [0.15, 0.2) is 46.5 Å². The van der Waals surface area contributed by atoms with Gasteiger partial charge >= 0.3 is 5.97 Å². The molecule has 0 bridgehead atoms. The first kappa shape index (κ1) is 37.5. The molecule has 0 spiro atoms. The maximum absolute atomic E-state index is 13.1. The predicted molar refractivity (Wildman–Crippen MR) is 200 cm³/mol. The van der Waals surface area contributed by atoms with Crippen LogP contribution in [0.25, 0.3) is 0 Å². The summed E-state index contributed by atoms with van der Waals surface area (Å²) in [7, 11) is 1.60. The number of hydrogen-bond acceptors (Lipinski definition) is 9. The molecule has 3 heterocycles. The minimum absolute atomic E-state index is 0.105. The molecule has 3 unspecified atom stereocenters. The van der Waals surface area contributed by atoms with Crippen molar-refractivity contribution in [2.24, 2.45) is 15.5 Å². The summed E-state index contributed by atoms with van der Waals surface area (Å²) in [6, 6.07) is 11.5. The van der Waals surface area contributed by atoms with E-state index in [1.165, 1.54) is 5.56 Å². The second-order valence-corrected chi connectivity index (χ2v) is 15.4. The van der Waals surface area contributed by atoms with Gasteiger partial charge in [0, 0.05) is 42.1 Å².